The van der Waals surface area contributed by atoms with Crippen LogP contribution in [-0.2, 0) is 9.59 Å². The molecule has 1 atom stereocenters. The van der Waals surface area contributed by atoms with Gasteiger partial charge in [-0.1, -0.05) is 15.9 Å². The van der Waals surface area contributed by atoms with Crippen LogP contribution in [0.3, 0.4) is 0 Å². The number of nitrogens with zero attached hydrogens (tertiary/aromatic N) is 2. The summed E-state index contributed by atoms with van der Waals surface area (Å²) in [7, 11) is 0. The van der Waals surface area contributed by atoms with Crippen LogP contribution in [0, 0.1) is 0 Å². The van der Waals surface area contributed by atoms with E-state index < -0.39 is 0 Å². The molecule has 0 aromatic heterocycles. The number of anilines is 1. The van der Waals surface area contributed by atoms with Crippen LogP contribution in [-0.4, -0.2) is 46.8 Å². The van der Waals surface area contributed by atoms with Crippen LogP contribution < -0.4 is 5.32 Å². The normalized spacial score (nSPS) is 21.0. The van der Waals surface area contributed by atoms with E-state index in [2.05, 4.69) is 21.2 Å². The van der Waals surface area contributed by atoms with Gasteiger partial charge in [0.05, 0.1) is 0 Å². The molecule has 3 rings (SSSR count). The molecule has 7 heteroatoms. The van der Waals surface area contributed by atoms with Gasteiger partial charge in [0.1, 0.15) is 12.6 Å². The van der Waals surface area contributed by atoms with E-state index in [9.17, 15) is 14.4 Å². The van der Waals surface area contributed by atoms with Crippen molar-refractivity contribution in [2.45, 2.75) is 25.3 Å². The Hall–Kier alpha value is -1.89. The van der Waals surface area contributed by atoms with Crippen molar-refractivity contribution in [3.05, 3.63) is 28.7 Å². The Morgan fingerprint density at radius 3 is 2.64 bits per heavy atom. The predicted octanol–water partition coefficient (Wildman–Crippen LogP) is 2.20. The Labute approximate surface area is 136 Å². The van der Waals surface area contributed by atoms with Crippen molar-refractivity contribution in [2.24, 2.45) is 0 Å². The molecule has 0 spiro atoms. The molecule has 0 radical (unpaired) electrons. The molecule has 2 heterocycles. The molecule has 2 aliphatic heterocycles. The van der Waals surface area contributed by atoms with Crippen LogP contribution in [0.2, 0.25) is 0 Å². The summed E-state index contributed by atoms with van der Waals surface area (Å²) in [5, 5.41) is 2.69. The SMILES string of the molecule is O=C(CN1C(=O)C2CCCCN2C1=O)Nc1ccc(Br)cc1. The minimum Gasteiger partial charge on any atom is -0.325 e. The molecule has 0 saturated carbocycles. The summed E-state index contributed by atoms with van der Waals surface area (Å²) in [5.74, 6) is -0.625. The second-order valence-corrected chi connectivity index (χ2v) is 6.38. The monoisotopic (exact) mass is 365 g/mol. The highest BCUT2D eigenvalue weighted by Gasteiger charge is 2.46. The zero-order chi connectivity index (χ0) is 15.7. The number of amides is 4. The molecule has 22 heavy (non-hydrogen) atoms. The fourth-order valence-electron chi connectivity index (χ4n) is 2.87. The number of piperidine rings is 1. The third-order valence-electron chi connectivity index (χ3n) is 3.96. The number of benzene rings is 1. The number of hydrogen-bond acceptors (Lipinski definition) is 3. The van der Waals surface area contributed by atoms with Crippen LogP contribution in [0.4, 0.5) is 10.5 Å². The molecule has 2 saturated heterocycles. The van der Waals surface area contributed by atoms with Crippen molar-refractivity contribution in [1.29, 1.82) is 0 Å². The lowest BCUT2D eigenvalue weighted by Gasteiger charge is -2.26. The van der Waals surface area contributed by atoms with Crippen LogP contribution in [0.5, 0.6) is 0 Å². The van der Waals surface area contributed by atoms with Gasteiger partial charge in [-0.15, -0.1) is 0 Å². The van der Waals surface area contributed by atoms with Gasteiger partial charge in [0.25, 0.3) is 5.91 Å². The van der Waals surface area contributed by atoms with E-state index in [1.807, 2.05) is 12.1 Å². The summed E-state index contributed by atoms with van der Waals surface area (Å²) >= 11 is 3.32. The minimum atomic E-state index is -0.373. The van der Waals surface area contributed by atoms with E-state index in [0.29, 0.717) is 18.7 Å². The Kier molecular flexibility index (Phi) is 4.15. The van der Waals surface area contributed by atoms with Gasteiger partial charge < -0.3 is 10.2 Å². The summed E-state index contributed by atoms with van der Waals surface area (Å²) < 4.78 is 0.910. The number of carbonyl (C=O) groups excluding carboxylic acids is 3. The van der Waals surface area contributed by atoms with E-state index in [1.165, 1.54) is 0 Å². The van der Waals surface area contributed by atoms with Gasteiger partial charge in [-0.3, -0.25) is 14.5 Å². The molecule has 0 bridgehead atoms. The number of urea groups is 1. The Morgan fingerprint density at radius 2 is 1.95 bits per heavy atom. The third kappa shape index (κ3) is 2.85. The Bertz CT molecular complexity index is 593. The molecule has 2 fully saturated rings. The summed E-state index contributed by atoms with van der Waals surface area (Å²) in [6.45, 7) is 0.362. The number of halogens is 1. The zero-order valence-electron chi connectivity index (χ0n) is 11.9. The lowest BCUT2D eigenvalue weighted by molar-refractivity contribution is -0.131. The first-order valence-corrected chi connectivity index (χ1v) is 8.03. The molecular formula is C15H16BrN3O3. The standard InChI is InChI=1S/C15H16BrN3O3/c16-10-4-6-11(7-5-10)17-13(20)9-19-14(21)12-3-1-2-8-18(12)15(19)22/h4-7,12H,1-3,8-9H2,(H,17,20). The first-order valence-electron chi connectivity index (χ1n) is 7.23. The zero-order valence-corrected chi connectivity index (χ0v) is 13.5. The van der Waals surface area contributed by atoms with E-state index in [0.717, 1.165) is 22.2 Å². The molecule has 1 unspecified atom stereocenters. The van der Waals surface area contributed by atoms with Crippen LogP contribution in [0.25, 0.3) is 0 Å². The minimum absolute atomic E-state index is 0.235. The van der Waals surface area contributed by atoms with Crippen LogP contribution in [0.15, 0.2) is 28.7 Å². The molecule has 6 nitrogen and oxygen atoms in total. The lowest BCUT2D eigenvalue weighted by atomic mass is 10.0. The van der Waals surface area contributed by atoms with E-state index in [1.54, 1.807) is 17.0 Å². The summed E-state index contributed by atoms with van der Waals surface area (Å²) in [5.41, 5.74) is 0.630. The summed E-state index contributed by atoms with van der Waals surface area (Å²) in [6.07, 6.45) is 2.54. The number of rotatable bonds is 3. The highest BCUT2D eigenvalue weighted by Crippen LogP contribution is 2.26. The van der Waals surface area contributed by atoms with Gasteiger partial charge in [-0.2, -0.15) is 0 Å². The van der Waals surface area contributed by atoms with Gasteiger partial charge in [-0.05, 0) is 43.5 Å². The topological polar surface area (TPSA) is 69.7 Å². The highest BCUT2D eigenvalue weighted by atomic mass is 79.9. The van der Waals surface area contributed by atoms with Crippen molar-refractivity contribution in [3.8, 4) is 0 Å². The Balaban J connectivity index is 1.64. The van der Waals surface area contributed by atoms with Crippen LogP contribution >= 0.6 is 15.9 Å². The second kappa shape index (κ2) is 6.08. The van der Waals surface area contributed by atoms with Crippen LogP contribution in [0.1, 0.15) is 19.3 Å². The maximum atomic E-state index is 12.3. The van der Waals surface area contributed by atoms with E-state index in [4.69, 9.17) is 0 Å². The van der Waals surface area contributed by atoms with Gasteiger partial charge >= 0.3 is 6.03 Å². The molecular weight excluding hydrogens is 350 g/mol. The number of imide groups is 1. The van der Waals surface area contributed by atoms with E-state index >= 15 is 0 Å². The maximum absolute atomic E-state index is 12.3. The molecule has 1 aromatic rings. The predicted molar refractivity (Wildman–Crippen MR) is 84.2 cm³/mol. The average molecular weight is 366 g/mol. The fraction of sp³-hybridized carbons (Fsp3) is 0.400. The quantitative estimate of drug-likeness (QED) is 0.834. The lowest BCUT2D eigenvalue weighted by Crippen LogP contribution is -2.39. The fourth-order valence-corrected chi connectivity index (χ4v) is 3.13. The maximum Gasteiger partial charge on any atom is 0.327 e. The molecule has 0 aliphatic carbocycles. The smallest absolute Gasteiger partial charge is 0.325 e. The second-order valence-electron chi connectivity index (χ2n) is 5.47. The third-order valence-corrected chi connectivity index (χ3v) is 4.49. The summed E-state index contributed by atoms with van der Waals surface area (Å²) in [6, 6.07) is 6.39. The Morgan fingerprint density at radius 1 is 1.23 bits per heavy atom. The largest absolute Gasteiger partial charge is 0.327 e. The van der Waals surface area contributed by atoms with Crippen molar-refractivity contribution in [1.82, 2.24) is 9.80 Å². The molecule has 1 N–H and O–H groups in total. The van der Waals surface area contributed by atoms with E-state index in [-0.39, 0.29) is 30.4 Å². The number of nitrogens with one attached hydrogen (secondary N) is 1. The summed E-state index contributed by atoms with van der Waals surface area (Å²) in [4.78, 5) is 39.2. The molecule has 2 aliphatic rings. The van der Waals surface area contributed by atoms with Crippen molar-refractivity contribution in [2.75, 3.05) is 18.4 Å². The first-order chi connectivity index (χ1) is 10.6. The number of hydrogen-bond donors (Lipinski definition) is 1. The number of fused-ring (bicyclic) bond motifs is 1. The van der Waals surface area contributed by atoms with Crippen molar-refractivity contribution in [3.63, 3.8) is 0 Å². The van der Waals surface area contributed by atoms with Gasteiger partial charge in [0, 0.05) is 16.7 Å². The van der Waals surface area contributed by atoms with Crippen molar-refractivity contribution >= 4 is 39.5 Å². The number of carbonyl (C=O) groups is 3. The highest BCUT2D eigenvalue weighted by molar-refractivity contribution is 9.10. The van der Waals surface area contributed by atoms with Gasteiger partial charge in [0.2, 0.25) is 5.91 Å². The van der Waals surface area contributed by atoms with Gasteiger partial charge in [0.15, 0.2) is 0 Å². The molecule has 116 valence electrons. The van der Waals surface area contributed by atoms with Gasteiger partial charge in [-0.25, -0.2) is 4.79 Å². The average Bonchev–Trinajstić information content (AvgIpc) is 2.75. The molecule has 1 aromatic carbocycles. The first kappa shape index (κ1) is 15.0. The van der Waals surface area contributed by atoms with Crippen molar-refractivity contribution < 1.29 is 14.4 Å². The molecule has 4 amide bonds.